The van der Waals surface area contributed by atoms with Crippen LogP contribution in [0.4, 0.5) is 8.78 Å². The third-order valence-electron chi connectivity index (χ3n) is 2.04. The Bertz CT molecular complexity index is 575. The summed E-state index contributed by atoms with van der Waals surface area (Å²) in [6.07, 6.45) is 0.927. The molecule has 82 valence electrons. The summed E-state index contributed by atoms with van der Waals surface area (Å²) in [6.45, 7) is 0. The van der Waals surface area contributed by atoms with E-state index in [4.69, 9.17) is 11.6 Å². The normalized spacial score (nSPS) is 10.4. The fourth-order valence-corrected chi connectivity index (χ4v) is 1.55. The number of pyridine rings is 1. The van der Waals surface area contributed by atoms with Gasteiger partial charge in [0.05, 0.1) is 0 Å². The number of rotatable bonds is 1. The molecule has 1 aromatic carbocycles. The zero-order chi connectivity index (χ0) is 11.7. The Morgan fingerprint density at radius 2 is 1.88 bits per heavy atom. The lowest BCUT2D eigenvalue weighted by Gasteiger charge is -2.02. The van der Waals surface area contributed by atoms with Crippen molar-refractivity contribution in [3.05, 3.63) is 57.3 Å². The molecule has 0 atom stereocenters. The van der Waals surface area contributed by atoms with Gasteiger partial charge in [-0.15, -0.1) is 0 Å². The topological polar surface area (TPSA) is 32.9 Å². The van der Waals surface area contributed by atoms with Gasteiger partial charge in [0.2, 0.25) is 5.43 Å². The van der Waals surface area contributed by atoms with E-state index in [9.17, 15) is 13.6 Å². The van der Waals surface area contributed by atoms with Crippen LogP contribution in [-0.4, -0.2) is 4.98 Å². The zero-order valence-electron chi connectivity index (χ0n) is 7.93. The molecule has 1 N–H and O–H groups in total. The van der Waals surface area contributed by atoms with Crippen LogP contribution in [0.5, 0.6) is 0 Å². The second kappa shape index (κ2) is 4.06. The molecule has 0 saturated heterocycles. The molecule has 0 radical (unpaired) electrons. The molecule has 0 unspecified atom stereocenters. The highest BCUT2D eigenvalue weighted by Gasteiger charge is 2.05. The lowest BCUT2D eigenvalue weighted by Crippen LogP contribution is -2.05. The predicted molar refractivity (Wildman–Crippen MR) is 57.4 cm³/mol. The van der Waals surface area contributed by atoms with Crippen molar-refractivity contribution in [2.75, 3.05) is 0 Å². The van der Waals surface area contributed by atoms with Gasteiger partial charge in [0, 0.05) is 28.5 Å². The maximum absolute atomic E-state index is 13.0. The van der Waals surface area contributed by atoms with Crippen LogP contribution in [0.15, 0.2) is 35.3 Å². The summed E-state index contributed by atoms with van der Waals surface area (Å²) in [7, 11) is 0. The third-order valence-corrected chi connectivity index (χ3v) is 2.26. The number of halogens is 3. The molecular weight excluding hydrogens is 236 g/mol. The Morgan fingerprint density at radius 3 is 2.50 bits per heavy atom. The predicted octanol–water partition coefficient (Wildman–Crippen LogP) is 2.97. The molecular formula is C11H6ClF2NO. The number of hydrogen-bond acceptors (Lipinski definition) is 1. The Balaban J connectivity index is 2.58. The zero-order valence-corrected chi connectivity index (χ0v) is 8.68. The van der Waals surface area contributed by atoms with Gasteiger partial charge in [-0.1, -0.05) is 11.6 Å². The largest absolute Gasteiger partial charge is 0.358 e. The molecule has 0 spiro atoms. The van der Waals surface area contributed by atoms with Crippen LogP contribution in [0.1, 0.15) is 0 Å². The summed E-state index contributed by atoms with van der Waals surface area (Å²) >= 11 is 5.66. The van der Waals surface area contributed by atoms with E-state index in [0.717, 1.165) is 18.3 Å². The molecule has 2 rings (SSSR count). The number of H-pyrrole nitrogens is 1. The van der Waals surface area contributed by atoms with E-state index in [1.165, 1.54) is 12.1 Å². The van der Waals surface area contributed by atoms with E-state index in [1.807, 2.05) is 0 Å². The molecule has 0 aliphatic heterocycles. The Labute approximate surface area is 94.5 Å². The first-order valence-electron chi connectivity index (χ1n) is 4.41. The van der Waals surface area contributed by atoms with E-state index in [-0.39, 0.29) is 5.02 Å². The molecule has 0 fully saturated rings. The Kier molecular flexibility index (Phi) is 2.75. The lowest BCUT2D eigenvalue weighted by molar-refractivity contribution is 0.611. The SMILES string of the molecule is O=c1cc(-c2cc(F)cc(Cl)c2)[nH]cc1F. The Morgan fingerprint density at radius 1 is 1.12 bits per heavy atom. The van der Waals surface area contributed by atoms with Crippen LogP contribution in [0.3, 0.4) is 0 Å². The molecule has 0 aliphatic rings. The minimum atomic E-state index is -0.883. The molecule has 1 heterocycles. The number of aromatic amines is 1. The van der Waals surface area contributed by atoms with Crippen LogP contribution in [0.2, 0.25) is 5.02 Å². The second-order valence-electron chi connectivity index (χ2n) is 3.22. The van der Waals surface area contributed by atoms with Crippen LogP contribution in [0, 0.1) is 11.6 Å². The van der Waals surface area contributed by atoms with Crippen molar-refractivity contribution in [3.8, 4) is 11.3 Å². The lowest BCUT2D eigenvalue weighted by atomic mass is 10.1. The van der Waals surface area contributed by atoms with Crippen molar-refractivity contribution >= 4 is 11.6 Å². The van der Waals surface area contributed by atoms with Crippen LogP contribution in [0.25, 0.3) is 11.3 Å². The van der Waals surface area contributed by atoms with E-state index in [2.05, 4.69) is 4.98 Å². The second-order valence-corrected chi connectivity index (χ2v) is 3.65. The summed E-state index contributed by atoms with van der Waals surface area (Å²) in [6, 6.07) is 4.88. The smallest absolute Gasteiger partial charge is 0.217 e. The number of nitrogens with one attached hydrogen (secondary N) is 1. The maximum atomic E-state index is 13.0. The van der Waals surface area contributed by atoms with Gasteiger partial charge in [0.1, 0.15) is 5.82 Å². The molecule has 0 saturated carbocycles. The van der Waals surface area contributed by atoms with Gasteiger partial charge >= 0.3 is 0 Å². The summed E-state index contributed by atoms with van der Waals surface area (Å²) in [5, 5.41) is 0.208. The highest BCUT2D eigenvalue weighted by atomic mass is 35.5. The van der Waals surface area contributed by atoms with Gasteiger partial charge in [0.15, 0.2) is 5.82 Å². The maximum Gasteiger partial charge on any atom is 0.217 e. The van der Waals surface area contributed by atoms with Gasteiger partial charge in [-0.2, -0.15) is 0 Å². The molecule has 0 aliphatic carbocycles. The fourth-order valence-electron chi connectivity index (χ4n) is 1.33. The molecule has 5 heteroatoms. The highest BCUT2D eigenvalue weighted by Crippen LogP contribution is 2.21. The van der Waals surface area contributed by atoms with Gasteiger partial charge in [-0.05, 0) is 18.2 Å². The molecule has 16 heavy (non-hydrogen) atoms. The average molecular weight is 242 g/mol. The standard InChI is InChI=1S/C11H6ClF2NO/c12-7-1-6(2-8(13)3-7)10-4-11(16)9(14)5-15-10/h1-5H,(H,15,16). The molecule has 2 nitrogen and oxygen atoms in total. The van der Waals surface area contributed by atoms with Gasteiger partial charge in [-0.25, -0.2) is 8.78 Å². The summed E-state index contributed by atoms with van der Waals surface area (Å²) in [5.74, 6) is -1.40. The van der Waals surface area contributed by atoms with Crippen molar-refractivity contribution in [1.29, 1.82) is 0 Å². The summed E-state index contributed by atoms with van der Waals surface area (Å²) in [4.78, 5) is 13.6. The van der Waals surface area contributed by atoms with E-state index < -0.39 is 17.1 Å². The first-order valence-corrected chi connectivity index (χ1v) is 4.79. The molecule has 1 aromatic heterocycles. The van der Waals surface area contributed by atoms with E-state index >= 15 is 0 Å². The number of hydrogen-bond donors (Lipinski definition) is 1. The Hall–Kier alpha value is -1.68. The van der Waals surface area contributed by atoms with Crippen molar-refractivity contribution in [2.24, 2.45) is 0 Å². The van der Waals surface area contributed by atoms with Crippen molar-refractivity contribution in [3.63, 3.8) is 0 Å². The quantitative estimate of drug-likeness (QED) is 0.818. The molecule has 2 aromatic rings. The van der Waals surface area contributed by atoms with Gasteiger partial charge in [0.25, 0.3) is 0 Å². The molecule has 0 amide bonds. The minimum Gasteiger partial charge on any atom is -0.358 e. The van der Waals surface area contributed by atoms with E-state index in [1.54, 1.807) is 0 Å². The van der Waals surface area contributed by atoms with Gasteiger partial charge in [-0.3, -0.25) is 4.79 Å². The molecule has 0 bridgehead atoms. The average Bonchev–Trinajstić information content (AvgIpc) is 2.20. The number of aromatic nitrogens is 1. The van der Waals surface area contributed by atoms with Crippen molar-refractivity contribution in [1.82, 2.24) is 4.98 Å². The van der Waals surface area contributed by atoms with Crippen LogP contribution in [-0.2, 0) is 0 Å². The summed E-state index contributed by atoms with van der Waals surface area (Å²) in [5.41, 5.74) is -0.0518. The third kappa shape index (κ3) is 2.12. The monoisotopic (exact) mass is 241 g/mol. The van der Waals surface area contributed by atoms with E-state index in [0.29, 0.717) is 11.3 Å². The fraction of sp³-hybridized carbons (Fsp3) is 0. The first kappa shape index (κ1) is 10.8. The van der Waals surface area contributed by atoms with Crippen LogP contribution < -0.4 is 5.43 Å². The van der Waals surface area contributed by atoms with Crippen LogP contribution >= 0.6 is 11.6 Å². The van der Waals surface area contributed by atoms with Crippen molar-refractivity contribution < 1.29 is 8.78 Å². The van der Waals surface area contributed by atoms with Gasteiger partial charge < -0.3 is 4.98 Å². The number of benzene rings is 1. The van der Waals surface area contributed by atoms with Crippen molar-refractivity contribution in [2.45, 2.75) is 0 Å². The summed E-state index contributed by atoms with van der Waals surface area (Å²) < 4.78 is 25.8. The highest BCUT2D eigenvalue weighted by molar-refractivity contribution is 6.30. The minimum absolute atomic E-state index is 0.208. The first-order chi connectivity index (χ1) is 7.56.